The molecule has 1 heteroatoms. The van der Waals surface area contributed by atoms with Crippen molar-refractivity contribution >= 4 is 0 Å². The summed E-state index contributed by atoms with van der Waals surface area (Å²) in [5.74, 6) is 3.51. The summed E-state index contributed by atoms with van der Waals surface area (Å²) in [5, 5.41) is 10.0. The van der Waals surface area contributed by atoms with E-state index in [2.05, 4.69) is 0 Å². The van der Waals surface area contributed by atoms with Gasteiger partial charge in [0.05, 0.1) is 6.10 Å². The standard InChI is InChI=1S/C12H20O/c13-12-7-8-3-1-4-9(8)10-5-2-6-11(10)12/h8-13H,1-7H2/t8-,9-,10-,11+,12+/m0/s1. The van der Waals surface area contributed by atoms with Gasteiger partial charge in [0, 0.05) is 0 Å². The summed E-state index contributed by atoms with van der Waals surface area (Å²) >= 11 is 0. The van der Waals surface area contributed by atoms with Crippen LogP contribution < -0.4 is 0 Å². The van der Waals surface area contributed by atoms with Gasteiger partial charge in [-0.15, -0.1) is 0 Å². The molecule has 1 nitrogen and oxygen atoms in total. The molecule has 0 unspecified atom stereocenters. The van der Waals surface area contributed by atoms with Crippen LogP contribution in [-0.4, -0.2) is 11.2 Å². The van der Waals surface area contributed by atoms with Crippen LogP contribution in [0.5, 0.6) is 0 Å². The smallest absolute Gasteiger partial charge is 0.0573 e. The molecule has 3 fully saturated rings. The molecular weight excluding hydrogens is 160 g/mol. The van der Waals surface area contributed by atoms with Gasteiger partial charge in [-0.3, -0.25) is 0 Å². The van der Waals surface area contributed by atoms with Crippen LogP contribution in [-0.2, 0) is 0 Å². The summed E-state index contributed by atoms with van der Waals surface area (Å²) < 4.78 is 0. The molecule has 1 N–H and O–H groups in total. The van der Waals surface area contributed by atoms with Gasteiger partial charge in [-0.25, -0.2) is 0 Å². The average molecular weight is 180 g/mol. The maximum atomic E-state index is 10.0. The zero-order valence-corrected chi connectivity index (χ0v) is 8.28. The Labute approximate surface area is 80.5 Å². The fraction of sp³-hybridized carbons (Fsp3) is 1.00. The average Bonchev–Trinajstić information content (AvgIpc) is 2.66. The van der Waals surface area contributed by atoms with Gasteiger partial charge < -0.3 is 5.11 Å². The third-order valence-corrected chi connectivity index (χ3v) is 4.93. The molecule has 0 bridgehead atoms. The van der Waals surface area contributed by atoms with Gasteiger partial charge in [0.1, 0.15) is 0 Å². The lowest BCUT2D eigenvalue weighted by atomic mass is 9.68. The number of hydrogen-bond donors (Lipinski definition) is 1. The number of aliphatic hydroxyl groups is 1. The quantitative estimate of drug-likeness (QED) is 0.607. The number of hydrogen-bond acceptors (Lipinski definition) is 1. The molecule has 3 rings (SSSR count). The van der Waals surface area contributed by atoms with Gasteiger partial charge in [-0.05, 0) is 49.4 Å². The molecule has 3 saturated carbocycles. The van der Waals surface area contributed by atoms with Crippen LogP contribution >= 0.6 is 0 Å². The predicted molar refractivity (Wildman–Crippen MR) is 52.3 cm³/mol. The Hall–Kier alpha value is -0.0400. The van der Waals surface area contributed by atoms with E-state index in [9.17, 15) is 5.11 Å². The second-order valence-electron chi connectivity index (χ2n) is 5.42. The first-order valence-electron chi connectivity index (χ1n) is 6.04. The first kappa shape index (κ1) is 8.28. The van der Waals surface area contributed by atoms with Crippen LogP contribution in [0.15, 0.2) is 0 Å². The topological polar surface area (TPSA) is 20.2 Å². The molecule has 0 heterocycles. The number of aliphatic hydroxyl groups excluding tert-OH is 1. The van der Waals surface area contributed by atoms with Gasteiger partial charge >= 0.3 is 0 Å². The van der Waals surface area contributed by atoms with E-state index in [4.69, 9.17) is 0 Å². The summed E-state index contributed by atoms with van der Waals surface area (Å²) in [7, 11) is 0. The van der Waals surface area contributed by atoms with E-state index in [0.29, 0.717) is 5.92 Å². The van der Waals surface area contributed by atoms with Gasteiger partial charge in [0.25, 0.3) is 0 Å². The fourth-order valence-electron chi connectivity index (χ4n) is 4.43. The second kappa shape index (κ2) is 2.98. The Morgan fingerprint density at radius 2 is 1.46 bits per heavy atom. The maximum Gasteiger partial charge on any atom is 0.0573 e. The van der Waals surface area contributed by atoms with Crippen molar-refractivity contribution < 1.29 is 5.11 Å². The fourth-order valence-corrected chi connectivity index (χ4v) is 4.43. The Morgan fingerprint density at radius 3 is 2.38 bits per heavy atom. The van der Waals surface area contributed by atoms with E-state index in [1.165, 1.54) is 38.5 Å². The minimum Gasteiger partial charge on any atom is -0.393 e. The molecule has 3 aliphatic rings. The molecule has 0 radical (unpaired) electrons. The van der Waals surface area contributed by atoms with Crippen LogP contribution in [0.4, 0.5) is 0 Å². The lowest BCUT2D eigenvalue weighted by Crippen LogP contribution is -2.38. The van der Waals surface area contributed by atoms with Crippen molar-refractivity contribution in [2.75, 3.05) is 0 Å². The third kappa shape index (κ3) is 1.16. The summed E-state index contributed by atoms with van der Waals surface area (Å²) in [4.78, 5) is 0. The summed E-state index contributed by atoms with van der Waals surface area (Å²) in [6.07, 6.45) is 9.63. The predicted octanol–water partition coefficient (Wildman–Crippen LogP) is 2.58. The number of rotatable bonds is 0. The Morgan fingerprint density at radius 1 is 0.769 bits per heavy atom. The minimum atomic E-state index is 0.0619. The molecule has 0 amide bonds. The van der Waals surface area contributed by atoms with E-state index in [1.807, 2.05) is 0 Å². The highest BCUT2D eigenvalue weighted by Gasteiger charge is 2.47. The van der Waals surface area contributed by atoms with E-state index in [0.717, 1.165) is 24.2 Å². The van der Waals surface area contributed by atoms with Crippen molar-refractivity contribution in [1.82, 2.24) is 0 Å². The Bertz CT molecular complexity index is 201. The SMILES string of the molecule is O[C@@H]1C[C@@H]2CCC[C@@H]2[C@@H]2CCC[C@H]21. The lowest BCUT2D eigenvalue weighted by molar-refractivity contribution is -0.00595. The minimum absolute atomic E-state index is 0.0619. The Balaban J connectivity index is 1.84. The van der Waals surface area contributed by atoms with Crippen molar-refractivity contribution in [2.45, 2.75) is 51.0 Å². The van der Waals surface area contributed by atoms with Crippen molar-refractivity contribution in [3.63, 3.8) is 0 Å². The molecule has 0 aromatic carbocycles. The van der Waals surface area contributed by atoms with E-state index in [-0.39, 0.29) is 6.10 Å². The normalized spacial score (nSPS) is 54.7. The summed E-state index contributed by atoms with van der Waals surface area (Å²) in [6.45, 7) is 0. The molecule has 0 spiro atoms. The lowest BCUT2D eigenvalue weighted by Gasteiger charge is -2.39. The third-order valence-electron chi connectivity index (χ3n) is 4.93. The molecule has 5 atom stereocenters. The molecule has 3 aliphatic carbocycles. The van der Waals surface area contributed by atoms with Gasteiger partial charge in [-0.1, -0.05) is 19.3 Å². The molecule has 0 saturated heterocycles. The molecule has 74 valence electrons. The summed E-state index contributed by atoms with van der Waals surface area (Å²) in [5.41, 5.74) is 0. The zero-order valence-electron chi connectivity index (χ0n) is 8.28. The maximum absolute atomic E-state index is 10.0. The molecule has 0 aromatic heterocycles. The monoisotopic (exact) mass is 180 g/mol. The second-order valence-corrected chi connectivity index (χ2v) is 5.42. The van der Waals surface area contributed by atoms with Crippen LogP contribution in [0.2, 0.25) is 0 Å². The van der Waals surface area contributed by atoms with Gasteiger partial charge in [0.15, 0.2) is 0 Å². The van der Waals surface area contributed by atoms with Gasteiger partial charge in [0.2, 0.25) is 0 Å². The first-order chi connectivity index (χ1) is 6.36. The molecule has 13 heavy (non-hydrogen) atoms. The van der Waals surface area contributed by atoms with E-state index >= 15 is 0 Å². The van der Waals surface area contributed by atoms with Crippen molar-refractivity contribution in [2.24, 2.45) is 23.7 Å². The molecular formula is C12H20O. The van der Waals surface area contributed by atoms with E-state index < -0.39 is 0 Å². The highest BCUT2D eigenvalue weighted by atomic mass is 16.3. The van der Waals surface area contributed by atoms with Crippen molar-refractivity contribution in [3.05, 3.63) is 0 Å². The van der Waals surface area contributed by atoms with Gasteiger partial charge in [-0.2, -0.15) is 0 Å². The first-order valence-corrected chi connectivity index (χ1v) is 6.04. The van der Waals surface area contributed by atoms with Crippen LogP contribution in [0.25, 0.3) is 0 Å². The molecule has 0 aromatic rings. The van der Waals surface area contributed by atoms with Crippen LogP contribution in [0.1, 0.15) is 44.9 Å². The zero-order chi connectivity index (χ0) is 8.84. The number of fused-ring (bicyclic) bond motifs is 3. The van der Waals surface area contributed by atoms with Crippen LogP contribution in [0, 0.1) is 23.7 Å². The Kier molecular flexibility index (Phi) is 1.90. The van der Waals surface area contributed by atoms with Crippen LogP contribution in [0.3, 0.4) is 0 Å². The summed E-state index contributed by atoms with van der Waals surface area (Å²) in [6, 6.07) is 0. The van der Waals surface area contributed by atoms with E-state index in [1.54, 1.807) is 0 Å². The highest BCUT2D eigenvalue weighted by Crippen LogP contribution is 2.53. The highest BCUT2D eigenvalue weighted by molar-refractivity contribution is 4.97. The largest absolute Gasteiger partial charge is 0.393 e. The molecule has 0 aliphatic heterocycles. The van der Waals surface area contributed by atoms with Crippen molar-refractivity contribution in [1.29, 1.82) is 0 Å². The van der Waals surface area contributed by atoms with Crippen molar-refractivity contribution in [3.8, 4) is 0 Å².